The maximum absolute atomic E-state index is 6.75. The lowest BCUT2D eigenvalue weighted by Crippen LogP contribution is -2.10. The second-order valence-corrected chi connectivity index (χ2v) is 10.9. The Bertz CT molecular complexity index is 2470. The minimum Gasteiger partial charge on any atom is -0.456 e. The molecule has 0 atom stereocenters. The molecule has 9 aromatic carbocycles. The highest BCUT2D eigenvalue weighted by Gasteiger charge is 2.26. The van der Waals surface area contributed by atoms with Gasteiger partial charge in [-0.2, -0.15) is 0 Å². The fourth-order valence-electron chi connectivity index (χ4n) is 7.26. The van der Waals surface area contributed by atoms with Crippen molar-refractivity contribution in [1.82, 2.24) is 0 Å². The topological polar surface area (TPSA) is 16.4 Å². The van der Waals surface area contributed by atoms with Gasteiger partial charge in [-0.25, -0.2) is 0 Å². The smallest absolute Gasteiger partial charge is 0.138 e. The molecular weight excluding hydrogens is 486 g/mol. The van der Waals surface area contributed by atoms with Gasteiger partial charge in [0.1, 0.15) is 11.2 Å². The lowest BCUT2D eigenvalue weighted by atomic mass is 9.92. The molecule has 1 heterocycles. The first-order valence-electron chi connectivity index (χ1n) is 13.8. The Morgan fingerprint density at radius 1 is 0.375 bits per heavy atom. The molecule has 0 aliphatic carbocycles. The summed E-state index contributed by atoms with van der Waals surface area (Å²) < 4.78 is 6.75. The van der Waals surface area contributed by atoms with Gasteiger partial charge in [0.05, 0.1) is 5.69 Å². The maximum Gasteiger partial charge on any atom is 0.138 e. The van der Waals surface area contributed by atoms with Crippen molar-refractivity contribution in [3.05, 3.63) is 127 Å². The summed E-state index contributed by atoms with van der Waals surface area (Å²) in [5, 5.41) is 15.3. The molecular formula is C38H21NO. The molecule has 2 heteroatoms. The van der Waals surface area contributed by atoms with Gasteiger partial charge in [-0.1, -0.05) is 91.0 Å². The molecule has 0 aliphatic rings. The zero-order valence-electron chi connectivity index (χ0n) is 21.5. The third kappa shape index (κ3) is 2.45. The van der Waals surface area contributed by atoms with Crippen LogP contribution in [-0.2, 0) is 0 Å². The second-order valence-electron chi connectivity index (χ2n) is 10.9. The monoisotopic (exact) mass is 507 g/mol. The van der Waals surface area contributed by atoms with E-state index in [4.69, 9.17) is 4.42 Å². The van der Waals surface area contributed by atoms with Crippen molar-refractivity contribution in [2.45, 2.75) is 0 Å². The molecule has 10 rings (SSSR count). The van der Waals surface area contributed by atoms with Crippen molar-refractivity contribution >= 4 is 92.9 Å². The number of benzene rings is 8. The molecule has 0 fully saturated rings. The number of anilines is 3. The van der Waals surface area contributed by atoms with E-state index in [1.165, 1.54) is 64.6 Å². The van der Waals surface area contributed by atoms with Crippen LogP contribution in [0.25, 0.3) is 75.8 Å². The van der Waals surface area contributed by atoms with Crippen molar-refractivity contribution in [2.24, 2.45) is 0 Å². The van der Waals surface area contributed by atoms with E-state index in [-0.39, 0.29) is 0 Å². The van der Waals surface area contributed by atoms with Crippen LogP contribution in [0, 0.1) is 0 Å². The number of para-hydroxylation sites is 2. The molecule has 1 aromatic heterocycles. The maximum atomic E-state index is 6.75. The predicted molar refractivity (Wildman–Crippen MR) is 169 cm³/mol. The van der Waals surface area contributed by atoms with Gasteiger partial charge in [-0.15, -0.1) is 0 Å². The van der Waals surface area contributed by atoms with Gasteiger partial charge in [-0.05, 0) is 68.0 Å². The average molecular weight is 508 g/mol. The molecule has 184 valence electrons. The quantitative estimate of drug-likeness (QED) is 0.221. The SMILES string of the molecule is c1ccc(N(c2ccccc2)c2cc3oc4ccc5ccc6ccc7ccc8ccc2c2c8c7c6c5c4c32)cc1. The van der Waals surface area contributed by atoms with Crippen molar-refractivity contribution in [3.63, 3.8) is 0 Å². The summed E-state index contributed by atoms with van der Waals surface area (Å²) in [4.78, 5) is 2.36. The van der Waals surface area contributed by atoms with Gasteiger partial charge in [0, 0.05) is 44.4 Å². The van der Waals surface area contributed by atoms with E-state index in [1.807, 2.05) is 0 Å². The molecule has 0 spiro atoms. The highest BCUT2D eigenvalue weighted by Crippen LogP contribution is 2.52. The largest absolute Gasteiger partial charge is 0.456 e. The number of rotatable bonds is 3. The van der Waals surface area contributed by atoms with E-state index in [0.717, 1.165) is 28.2 Å². The van der Waals surface area contributed by atoms with Crippen LogP contribution < -0.4 is 4.90 Å². The fourth-order valence-corrected chi connectivity index (χ4v) is 7.26. The molecule has 0 bridgehead atoms. The molecule has 2 nitrogen and oxygen atoms in total. The lowest BCUT2D eigenvalue weighted by molar-refractivity contribution is 0.669. The van der Waals surface area contributed by atoms with Gasteiger partial charge in [0.15, 0.2) is 0 Å². The van der Waals surface area contributed by atoms with Crippen molar-refractivity contribution in [3.8, 4) is 0 Å². The van der Waals surface area contributed by atoms with Crippen molar-refractivity contribution in [1.29, 1.82) is 0 Å². The van der Waals surface area contributed by atoms with Crippen LogP contribution in [0.15, 0.2) is 132 Å². The van der Waals surface area contributed by atoms with Gasteiger partial charge in [-0.3, -0.25) is 0 Å². The van der Waals surface area contributed by atoms with E-state index < -0.39 is 0 Å². The molecule has 0 saturated carbocycles. The number of nitrogens with zero attached hydrogens (tertiary/aromatic N) is 1. The molecule has 0 unspecified atom stereocenters. The van der Waals surface area contributed by atoms with Gasteiger partial charge >= 0.3 is 0 Å². The Balaban J connectivity index is 1.52. The molecule has 0 saturated heterocycles. The van der Waals surface area contributed by atoms with Crippen molar-refractivity contribution < 1.29 is 4.42 Å². The first-order chi connectivity index (χ1) is 19.8. The third-order valence-electron chi connectivity index (χ3n) is 8.87. The second kappa shape index (κ2) is 7.19. The molecule has 0 radical (unpaired) electrons. The van der Waals surface area contributed by atoms with Crippen molar-refractivity contribution in [2.75, 3.05) is 4.90 Å². The van der Waals surface area contributed by atoms with E-state index >= 15 is 0 Å². The van der Waals surface area contributed by atoms with Crippen LogP contribution in [0.5, 0.6) is 0 Å². The molecule has 10 aromatic rings. The summed E-state index contributed by atoms with van der Waals surface area (Å²) in [7, 11) is 0. The van der Waals surface area contributed by atoms with E-state index in [2.05, 4.69) is 132 Å². The van der Waals surface area contributed by atoms with Crippen LogP contribution >= 0.6 is 0 Å². The molecule has 0 N–H and O–H groups in total. The zero-order chi connectivity index (χ0) is 25.9. The standard InChI is InChI=1S/C38H21NO/c1-3-7-26(8-4-1)39(27-9-5-2-6-10-27)29-21-31-38-36-28(29)19-17-24-15-13-22-11-12-23-14-16-25-18-20-30(40-31)37(38)35(25)33(23)32(22)34(24)36/h1-21H. The van der Waals surface area contributed by atoms with Crippen LogP contribution in [0.1, 0.15) is 0 Å². The first-order valence-corrected chi connectivity index (χ1v) is 13.8. The summed E-state index contributed by atoms with van der Waals surface area (Å²) >= 11 is 0. The summed E-state index contributed by atoms with van der Waals surface area (Å²) in [6.45, 7) is 0. The Morgan fingerprint density at radius 2 is 0.825 bits per heavy atom. The van der Waals surface area contributed by atoms with Crippen LogP contribution in [0.3, 0.4) is 0 Å². The number of hydrogen-bond acceptors (Lipinski definition) is 2. The Morgan fingerprint density at radius 3 is 1.40 bits per heavy atom. The highest BCUT2D eigenvalue weighted by atomic mass is 16.3. The normalized spacial score (nSPS) is 12.5. The molecule has 0 aliphatic heterocycles. The first kappa shape index (κ1) is 20.6. The number of hydrogen-bond donors (Lipinski definition) is 0. The van der Waals surface area contributed by atoms with Crippen LogP contribution in [0.4, 0.5) is 17.1 Å². The highest BCUT2D eigenvalue weighted by molar-refractivity contribution is 6.45. The van der Waals surface area contributed by atoms with Crippen LogP contribution in [-0.4, -0.2) is 0 Å². The predicted octanol–water partition coefficient (Wildman–Crippen LogP) is 11.1. The fraction of sp³-hybridized carbons (Fsp3) is 0. The van der Waals surface area contributed by atoms with Gasteiger partial charge in [0.2, 0.25) is 0 Å². The Hall–Kier alpha value is -5.34. The molecule has 40 heavy (non-hydrogen) atoms. The summed E-state index contributed by atoms with van der Waals surface area (Å²) in [5.74, 6) is 0. The average Bonchev–Trinajstić information content (AvgIpc) is 3.32. The zero-order valence-corrected chi connectivity index (χ0v) is 21.5. The Kier molecular flexibility index (Phi) is 3.70. The summed E-state index contributed by atoms with van der Waals surface area (Å²) in [6, 6.07) is 46.2. The van der Waals surface area contributed by atoms with E-state index in [0.29, 0.717) is 0 Å². The van der Waals surface area contributed by atoms with E-state index in [1.54, 1.807) is 0 Å². The van der Waals surface area contributed by atoms with Crippen LogP contribution in [0.2, 0.25) is 0 Å². The number of furan rings is 1. The van der Waals surface area contributed by atoms with Gasteiger partial charge < -0.3 is 9.32 Å². The summed E-state index contributed by atoms with van der Waals surface area (Å²) in [5.41, 5.74) is 5.22. The lowest BCUT2D eigenvalue weighted by Gasteiger charge is -2.27. The van der Waals surface area contributed by atoms with Gasteiger partial charge in [0.25, 0.3) is 0 Å². The van der Waals surface area contributed by atoms with E-state index in [9.17, 15) is 0 Å². The summed E-state index contributed by atoms with van der Waals surface area (Å²) in [6.07, 6.45) is 0. The minimum absolute atomic E-state index is 0.927. The minimum atomic E-state index is 0.927. The third-order valence-corrected chi connectivity index (χ3v) is 8.87. The molecule has 0 amide bonds. The Labute approximate surface area is 229 Å².